The van der Waals surface area contributed by atoms with Crippen LogP contribution in [0.2, 0.25) is 5.02 Å². The summed E-state index contributed by atoms with van der Waals surface area (Å²) in [5, 5.41) is 14.0. The van der Waals surface area contributed by atoms with Crippen LogP contribution < -0.4 is 19.9 Å². The summed E-state index contributed by atoms with van der Waals surface area (Å²) in [6.45, 7) is 4.88. The number of hydrogen-bond donors (Lipinski definition) is 0. The first kappa shape index (κ1) is 19.8. The molecule has 0 bridgehead atoms. The molecule has 0 N–H and O–H groups in total. The number of ether oxygens (including phenoxy) is 2. The van der Waals surface area contributed by atoms with Crippen molar-refractivity contribution in [2.75, 3.05) is 13.7 Å². The Morgan fingerprint density at radius 3 is 2.68 bits per heavy atom. The summed E-state index contributed by atoms with van der Waals surface area (Å²) in [7, 11) is 2.11. The topological polar surface area (TPSA) is 41.5 Å². The molecule has 0 amide bonds. The lowest BCUT2D eigenvalue weighted by Crippen LogP contribution is -2.19. The van der Waals surface area contributed by atoms with Crippen molar-refractivity contribution in [3.8, 4) is 11.5 Å². The predicted octanol–water partition coefficient (Wildman–Crippen LogP) is 4.34. The Bertz CT molecular complexity index is 744. The van der Waals surface area contributed by atoms with Crippen LogP contribution in [0.3, 0.4) is 0 Å². The van der Waals surface area contributed by atoms with Crippen molar-refractivity contribution in [3.05, 3.63) is 52.5 Å². The van der Waals surface area contributed by atoms with Gasteiger partial charge in [0.1, 0.15) is 11.5 Å². The van der Waals surface area contributed by atoms with Gasteiger partial charge in [0.05, 0.1) is 18.7 Å². The number of halogens is 1. The molecule has 0 unspecified atom stereocenters. The number of unbranched alkanes of at least 4 members (excludes halogenated alkanes) is 2. The van der Waals surface area contributed by atoms with Gasteiger partial charge in [0.2, 0.25) is 0 Å². The van der Waals surface area contributed by atoms with Crippen molar-refractivity contribution in [1.82, 2.24) is 0 Å². The lowest BCUT2D eigenvalue weighted by Gasteiger charge is -2.18. The average molecular weight is 378 g/mol. The van der Waals surface area contributed by atoms with Crippen molar-refractivity contribution < 1.29 is 14.6 Å². The van der Waals surface area contributed by atoms with E-state index in [9.17, 15) is 5.11 Å². The van der Waals surface area contributed by atoms with E-state index in [-0.39, 0.29) is 5.48 Å². The number of hydrogen-bond acceptors (Lipinski definition) is 3. The standard InChI is InChI=1S/C20H24ClO3P/c1-4-5-6-12-24-15-10-11-18(14(2)13-15)25-20(22)19-16(21)8-7-9-17(19)23-3/h7-11,13,22H,4-6,12H2,1-3H3/p-1. The van der Waals surface area contributed by atoms with Crippen molar-refractivity contribution in [2.24, 2.45) is 0 Å². The molecule has 5 heteroatoms. The van der Waals surface area contributed by atoms with Crippen LogP contribution in [0.1, 0.15) is 37.3 Å². The minimum absolute atomic E-state index is 0.0813. The molecule has 0 spiro atoms. The summed E-state index contributed by atoms with van der Waals surface area (Å²) >= 11 is 6.19. The van der Waals surface area contributed by atoms with Gasteiger partial charge in [-0.1, -0.05) is 51.1 Å². The zero-order valence-electron chi connectivity index (χ0n) is 14.8. The summed E-state index contributed by atoms with van der Waals surface area (Å²) in [6, 6.07) is 11.0. The maximum atomic E-state index is 12.7. The summed E-state index contributed by atoms with van der Waals surface area (Å²) in [5.74, 6) is 1.34. The Morgan fingerprint density at radius 2 is 2.00 bits per heavy atom. The van der Waals surface area contributed by atoms with Gasteiger partial charge in [-0.15, -0.1) is 0 Å². The van der Waals surface area contributed by atoms with E-state index in [0.717, 1.165) is 29.6 Å². The monoisotopic (exact) mass is 377 g/mol. The molecular weight excluding hydrogens is 355 g/mol. The summed E-state index contributed by atoms with van der Waals surface area (Å²) in [5.41, 5.74) is 1.36. The van der Waals surface area contributed by atoms with Gasteiger partial charge in [-0.3, -0.25) is 0 Å². The van der Waals surface area contributed by atoms with E-state index in [1.807, 2.05) is 25.1 Å². The first-order valence-corrected chi connectivity index (χ1v) is 9.66. The van der Waals surface area contributed by atoms with Gasteiger partial charge >= 0.3 is 0 Å². The van der Waals surface area contributed by atoms with E-state index in [0.29, 0.717) is 24.5 Å². The molecule has 0 fully saturated rings. The van der Waals surface area contributed by atoms with Gasteiger partial charge < -0.3 is 14.6 Å². The summed E-state index contributed by atoms with van der Waals surface area (Å²) < 4.78 is 11.0. The van der Waals surface area contributed by atoms with Gasteiger partial charge in [-0.25, -0.2) is 0 Å². The number of benzene rings is 2. The zero-order chi connectivity index (χ0) is 18.2. The highest BCUT2D eigenvalue weighted by Crippen LogP contribution is 2.28. The molecule has 0 aliphatic heterocycles. The van der Waals surface area contributed by atoms with Crippen molar-refractivity contribution in [3.63, 3.8) is 0 Å². The van der Waals surface area contributed by atoms with Crippen LogP contribution >= 0.6 is 19.8 Å². The van der Waals surface area contributed by atoms with E-state index < -0.39 is 0 Å². The molecule has 0 heterocycles. The fourth-order valence-electron chi connectivity index (χ4n) is 2.43. The second-order valence-corrected chi connectivity index (χ2v) is 7.26. The molecule has 0 saturated carbocycles. The number of methoxy groups -OCH3 is 1. The van der Waals surface area contributed by atoms with Crippen LogP contribution in [0.15, 0.2) is 36.4 Å². The van der Waals surface area contributed by atoms with Gasteiger partial charge in [-0.2, -0.15) is 0 Å². The second-order valence-electron chi connectivity index (χ2n) is 5.74. The smallest absolute Gasteiger partial charge is 0.126 e. The lowest BCUT2D eigenvalue weighted by molar-refractivity contribution is -0.207. The number of rotatable bonds is 8. The lowest BCUT2D eigenvalue weighted by atomic mass is 10.2. The minimum atomic E-state index is -0.0813. The third-order valence-corrected chi connectivity index (χ3v) is 5.30. The second kappa shape index (κ2) is 9.82. The fraction of sp³-hybridized carbons (Fsp3) is 0.350. The van der Waals surface area contributed by atoms with E-state index in [1.54, 1.807) is 18.2 Å². The number of aryl methyl sites for hydroxylation is 1. The molecular formula is C20H23ClO3P-. The van der Waals surface area contributed by atoms with Crippen LogP contribution in [-0.4, -0.2) is 19.2 Å². The highest BCUT2D eigenvalue weighted by atomic mass is 35.5. The molecule has 0 aliphatic rings. The zero-order valence-corrected chi connectivity index (χ0v) is 16.5. The Balaban J connectivity index is 2.20. The van der Waals surface area contributed by atoms with Crippen LogP contribution in [0.25, 0.3) is 0 Å². The fourth-order valence-corrected chi connectivity index (χ4v) is 3.70. The predicted molar refractivity (Wildman–Crippen MR) is 105 cm³/mol. The molecule has 2 rings (SSSR count). The maximum absolute atomic E-state index is 12.7. The normalized spacial score (nSPS) is 11.5. The SMILES string of the molecule is CCCCCOc1ccc(P=C([O-])c2c(Cl)cccc2OC)c(C)c1. The molecule has 0 saturated heterocycles. The molecule has 2 aromatic rings. The Morgan fingerprint density at radius 1 is 1.20 bits per heavy atom. The van der Waals surface area contributed by atoms with Crippen LogP contribution in [0, 0.1) is 6.92 Å². The van der Waals surface area contributed by atoms with E-state index in [4.69, 9.17) is 21.1 Å². The highest BCUT2D eigenvalue weighted by molar-refractivity contribution is 7.49. The van der Waals surface area contributed by atoms with Gasteiger partial charge in [0.25, 0.3) is 0 Å². The highest BCUT2D eigenvalue weighted by Gasteiger charge is 2.07. The van der Waals surface area contributed by atoms with Crippen molar-refractivity contribution in [2.45, 2.75) is 33.1 Å². The third-order valence-electron chi connectivity index (χ3n) is 3.82. The summed E-state index contributed by atoms with van der Waals surface area (Å²) in [4.78, 5) is 0. The van der Waals surface area contributed by atoms with E-state index >= 15 is 0 Å². The van der Waals surface area contributed by atoms with Crippen LogP contribution in [0.4, 0.5) is 0 Å². The molecule has 25 heavy (non-hydrogen) atoms. The summed E-state index contributed by atoms with van der Waals surface area (Å²) in [6.07, 6.45) is 3.40. The Kier molecular flexibility index (Phi) is 7.77. The minimum Gasteiger partial charge on any atom is -0.823 e. The molecule has 134 valence electrons. The van der Waals surface area contributed by atoms with E-state index in [2.05, 4.69) is 6.92 Å². The van der Waals surface area contributed by atoms with Gasteiger partial charge in [0.15, 0.2) is 0 Å². The van der Waals surface area contributed by atoms with Gasteiger partial charge in [0, 0.05) is 10.9 Å². The largest absolute Gasteiger partial charge is 0.823 e. The Labute approximate surface area is 156 Å². The van der Waals surface area contributed by atoms with Crippen molar-refractivity contribution in [1.29, 1.82) is 0 Å². The van der Waals surface area contributed by atoms with Crippen LogP contribution in [-0.2, 0) is 0 Å². The average Bonchev–Trinajstić information content (AvgIpc) is 2.60. The molecule has 2 aromatic carbocycles. The van der Waals surface area contributed by atoms with Crippen molar-refractivity contribution >= 4 is 30.6 Å². The first-order chi connectivity index (χ1) is 12.1. The van der Waals surface area contributed by atoms with Crippen LogP contribution in [0.5, 0.6) is 11.5 Å². The maximum Gasteiger partial charge on any atom is 0.126 e. The molecule has 0 aliphatic carbocycles. The first-order valence-electron chi connectivity index (χ1n) is 8.38. The van der Waals surface area contributed by atoms with E-state index in [1.165, 1.54) is 20.0 Å². The molecule has 0 radical (unpaired) electrons. The molecule has 0 aromatic heterocycles. The van der Waals surface area contributed by atoms with Gasteiger partial charge in [-0.05, 0) is 49.2 Å². The Hall–Kier alpha value is -1.54. The third kappa shape index (κ3) is 5.47. The quantitative estimate of drug-likeness (QED) is 0.507. The molecule has 0 atom stereocenters. The molecule has 3 nitrogen and oxygen atoms in total.